The fourth-order valence-corrected chi connectivity index (χ4v) is 4.97. The number of amides is 1. The van der Waals surface area contributed by atoms with E-state index < -0.39 is 0 Å². The molecule has 0 bridgehead atoms. The SMILES string of the molecule is O=C(/C=C/c1ccccc1)N1CCCC(CNc2cc(-c3ccccc3Cl)nc3c(Br)cnn23)C1. The Morgan fingerprint density at radius 1 is 1.17 bits per heavy atom. The molecule has 8 heteroatoms. The first-order chi connectivity index (χ1) is 17.1. The molecule has 2 aromatic heterocycles. The lowest BCUT2D eigenvalue weighted by Crippen LogP contribution is -2.41. The number of aromatic nitrogens is 3. The van der Waals surface area contributed by atoms with Crippen LogP contribution in [0.5, 0.6) is 0 Å². The minimum atomic E-state index is 0.0573. The van der Waals surface area contributed by atoms with Gasteiger partial charge in [0.05, 0.1) is 16.4 Å². The van der Waals surface area contributed by atoms with Gasteiger partial charge in [-0.3, -0.25) is 4.79 Å². The summed E-state index contributed by atoms with van der Waals surface area (Å²) in [5.41, 5.74) is 3.39. The van der Waals surface area contributed by atoms with Gasteiger partial charge in [0.2, 0.25) is 5.91 Å². The van der Waals surface area contributed by atoms with Crippen LogP contribution in [0.2, 0.25) is 5.02 Å². The van der Waals surface area contributed by atoms with Gasteiger partial charge in [-0.15, -0.1) is 0 Å². The van der Waals surface area contributed by atoms with Crippen molar-refractivity contribution in [2.24, 2.45) is 5.92 Å². The van der Waals surface area contributed by atoms with E-state index in [1.807, 2.05) is 71.6 Å². The molecular weight excluding hydrogens is 526 g/mol. The van der Waals surface area contributed by atoms with Crippen molar-refractivity contribution in [2.75, 3.05) is 25.0 Å². The topological polar surface area (TPSA) is 62.5 Å². The van der Waals surface area contributed by atoms with Crippen LogP contribution in [0.1, 0.15) is 18.4 Å². The van der Waals surface area contributed by atoms with Gasteiger partial charge in [0, 0.05) is 42.4 Å². The van der Waals surface area contributed by atoms with Crippen LogP contribution < -0.4 is 5.32 Å². The molecule has 1 atom stereocenters. The van der Waals surface area contributed by atoms with Gasteiger partial charge < -0.3 is 10.2 Å². The van der Waals surface area contributed by atoms with E-state index in [2.05, 4.69) is 26.3 Å². The van der Waals surface area contributed by atoms with Crippen LogP contribution in [-0.4, -0.2) is 45.0 Å². The lowest BCUT2D eigenvalue weighted by atomic mass is 9.98. The number of benzene rings is 2. The molecule has 0 saturated carbocycles. The predicted octanol–water partition coefficient (Wildman–Crippen LogP) is 6.18. The van der Waals surface area contributed by atoms with Crippen molar-refractivity contribution < 1.29 is 4.79 Å². The Bertz CT molecular complexity index is 1370. The smallest absolute Gasteiger partial charge is 0.246 e. The van der Waals surface area contributed by atoms with Gasteiger partial charge in [-0.2, -0.15) is 9.61 Å². The zero-order valence-corrected chi connectivity index (χ0v) is 21.4. The summed E-state index contributed by atoms with van der Waals surface area (Å²) in [4.78, 5) is 19.5. The molecule has 1 fully saturated rings. The van der Waals surface area contributed by atoms with E-state index in [0.717, 1.165) is 65.2 Å². The van der Waals surface area contributed by atoms with Crippen LogP contribution in [0.4, 0.5) is 5.82 Å². The van der Waals surface area contributed by atoms with E-state index in [1.165, 1.54) is 0 Å². The van der Waals surface area contributed by atoms with E-state index in [-0.39, 0.29) is 5.91 Å². The van der Waals surface area contributed by atoms with E-state index in [1.54, 1.807) is 16.8 Å². The summed E-state index contributed by atoms with van der Waals surface area (Å²) >= 11 is 10.00. The Kier molecular flexibility index (Phi) is 7.16. The Hall–Kier alpha value is -3.16. The van der Waals surface area contributed by atoms with E-state index in [0.29, 0.717) is 10.9 Å². The second kappa shape index (κ2) is 10.6. The lowest BCUT2D eigenvalue weighted by molar-refractivity contribution is -0.127. The van der Waals surface area contributed by atoms with Gasteiger partial charge in [0.25, 0.3) is 0 Å². The minimum Gasteiger partial charge on any atom is -0.370 e. The largest absolute Gasteiger partial charge is 0.370 e. The van der Waals surface area contributed by atoms with Crippen LogP contribution in [0.15, 0.2) is 77.4 Å². The standard InChI is InChI=1S/C27H25BrClN5O/c28-22-17-31-34-25(15-24(32-27(22)34)21-10-4-5-11-23(21)29)30-16-20-9-6-14-33(18-20)26(35)13-12-19-7-2-1-3-8-19/h1-5,7-8,10-13,15,17,20,30H,6,9,14,16,18H2/b13-12+. The maximum absolute atomic E-state index is 12.8. The van der Waals surface area contributed by atoms with Crippen molar-refractivity contribution >= 4 is 51.0 Å². The van der Waals surface area contributed by atoms with Gasteiger partial charge in [0.15, 0.2) is 5.65 Å². The number of rotatable bonds is 6. The molecule has 5 rings (SSSR count). The Morgan fingerprint density at radius 3 is 2.80 bits per heavy atom. The summed E-state index contributed by atoms with van der Waals surface area (Å²) in [6, 6.07) is 19.5. The molecule has 0 radical (unpaired) electrons. The lowest BCUT2D eigenvalue weighted by Gasteiger charge is -2.32. The summed E-state index contributed by atoms with van der Waals surface area (Å²) in [6.45, 7) is 2.24. The highest BCUT2D eigenvalue weighted by Gasteiger charge is 2.23. The fraction of sp³-hybridized carbons (Fsp3) is 0.222. The van der Waals surface area contributed by atoms with Gasteiger partial charge in [0.1, 0.15) is 5.82 Å². The average molecular weight is 551 g/mol. The van der Waals surface area contributed by atoms with Crippen molar-refractivity contribution in [1.82, 2.24) is 19.5 Å². The third-order valence-electron chi connectivity index (χ3n) is 6.20. The molecule has 35 heavy (non-hydrogen) atoms. The second-order valence-corrected chi connectivity index (χ2v) is 9.91. The number of carbonyl (C=O) groups excluding carboxylic acids is 1. The summed E-state index contributed by atoms with van der Waals surface area (Å²) < 4.78 is 2.60. The molecule has 1 N–H and O–H groups in total. The Morgan fingerprint density at radius 2 is 1.97 bits per heavy atom. The highest BCUT2D eigenvalue weighted by atomic mass is 79.9. The number of anilines is 1. The number of nitrogens with one attached hydrogen (secondary N) is 1. The number of carbonyl (C=O) groups is 1. The molecule has 0 aliphatic carbocycles. The van der Waals surface area contributed by atoms with E-state index >= 15 is 0 Å². The van der Waals surface area contributed by atoms with Crippen molar-refractivity contribution in [3.63, 3.8) is 0 Å². The molecule has 1 saturated heterocycles. The normalized spacial score (nSPS) is 16.2. The highest BCUT2D eigenvalue weighted by Crippen LogP contribution is 2.30. The number of hydrogen-bond donors (Lipinski definition) is 1. The first-order valence-electron chi connectivity index (χ1n) is 11.6. The molecule has 2 aromatic carbocycles. The second-order valence-electron chi connectivity index (χ2n) is 8.65. The van der Waals surface area contributed by atoms with Crippen LogP contribution >= 0.6 is 27.5 Å². The number of fused-ring (bicyclic) bond motifs is 1. The molecule has 4 aromatic rings. The molecule has 1 aliphatic heterocycles. The first kappa shape index (κ1) is 23.6. The molecular formula is C27H25BrClN5O. The third kappa shape index (κ3) is 5.41. The summed E-state index contributed by atoms with van der Waals surface area (Å²) in [5, 5.41) is 8.68. The number of likely N-dealkylation sites (tertiary alicyclic amines) is 1. The number of hydrogen-bond acceptors (Lipinski definition) is 4. The van der Waals surface area contributed by atoms with Gasteiger partial charge in [-0.25, -0.2) is 4.98 Å². The molecule has 1 amide bonds. The van der Waals surface area contributed by atoms with E-state index in [9.17, 15) is 4.79 Å². The summed E-state index contributed by atoms with van der Waals surface area (Å²) in [7, 11) is 0. The number of nitrogens with zero attached hydrogens (tertiary/aromatic N) is 4. The third-order valence-corrected chi connectivity index (χ3v) is 7.09. The zero-order valence-electron chi connectivity index (χ0n) is 19.1. The number of halogens is 2. The molecule has 1 unspecified atom stereocenters. The monoisotopic (exact) mass is 549 g/mol. The molecule has 3 heterocycles. The predicted molar refractivity (Wildman–Crippen MR) is 144 cm³/mol. The quantitative estimate of drug-likeness (QED) is 0.291. The maximum Gasteiger partial charge on any atom is 0.246 e. The zero-order chi connectivity index (χ0) is 24.2. The molecule has 178 valence electrons. The molecule has 6 nitrogen and oxygen atoms in total. The van der Waals surface area contributed by atoms with Crippen molar-refractivity contribution in [1.29, 1.82) is 0 Å². The highest BCUT2D eigenvalue weighted by molar-refractivity contribution is 9.10. The minimum absolute atomic E-state index is 0.0573. The van der Waals surface area contributed by atoms with Crippen molar-refractivity contribution in [2.45, 2.75) is 12.8 Å². The summed E-state index contributed by atoms with van der Waals surface area (Å²) in [6.07, 6.45) is 7.34. The summed E-state index contributed by atoms with van der Waals surface area (Å²) in [5.74, 6) is 1.23. The molecule has 1 aliphatic rings. The van der Waals surface area contributed by atoms with Crippen LogP contribution in [0, 0.1) is 5.92 Å². The fourth-order valence-electron chi connectivity index (χ4n) is 4.39. The first-order valence-corrected chi connectivity index (χ1v) is 12.8. The van der Waals surface area contributed by atoms with Crippen LogP contribution in [0.25, 0.3) is 23.0 Å². The van der Waals surface area contributed by atoms with Crippen molar-refractivity contribution in [3.8, 4) is 11.3 Å². The van der Waals surface area contributed by atoms with Gasteiger partial charge in [-0.1, -0.05) is 60.1 Å². The maximum atomic E-state index is 12.8. The Labute approximate surface area is 217 Å². The Balaban J connectivity index is 1.30. The van der Waals surface area contributed by atoms with E-state index in [4.69, 9.17) is 16.6 Å². The number of piperidine rings is 1. The van der Waals surface area contributed by atoms with Crippen LogP contribution in [0.3, 0.4) is 0 Å². The van der Waals surface area contributed by atoms with Gasteiger partial charge >= 0.3 is 0 Å². The van der Waals surface area contributed by atoms with Crippen LogP contribution in [-0.2, 0) is 4.79 Å². The van der Waals surface area contributed by atoms with Crippen molar-refractivity contribution in [3.05, 3.63) is 88.0 Å². The average Bonchev–Trinajstić information content (AvgIpc) is 3.27. The molecule has 0 spiro atoms. The van der Waals surface area contributed by atoms with Gasteiger partial charge in [-0.05, 0) is 52.4 Å².